The van der Waals surface area contributed by atoms with Gasteiger partial charge in [0.2, 0.25) is 0 Å². The maximum atomic E-state index is 13.4. The van der Waals surface area contributed by atoms with Gasteiger partial charge in [-0.1, -0.05) is 19.9 Å². The maximum Gasteiger partial charge on any atom is 0.319 e. The molecule has 0 fully saturated rings. The summed E-state index contributed by atoms with van der Waals surface area (Å²) in [5.74, 6) is 0.467. The Balaban J connectivity index is 1.90. The van der Waals surface area contributed by atoms with E-state index in [-0.39, 0.29) is 30.0 Å². The smallest absolute Gasteiger partial charge is 0.319 e. The standard InChI is InChI=1S/C27H39N5O4/c1-6-11-29-27(34)30-22-9-10-23-24(13-22)36-18-20(3)32(16-21-8-7-12-28-14-21)15-19(2)25(35-5)17-31(4)26(23)33/h7-10,12-14,19-20,25H,6,11,15-18H2,1-5H3,(H2,29,30,34)/t19-,20+,25-/m1/s1. The molecule has 1 aliphatic rings. The molecule has 0 spiro atoms. The van der Waals surface area contributed by atoms with Crippen molar-refractivity contribution in [3.05, 3.63) is 53.9 Å². The summed E-state index contributed by atoms with van der Waals surface area (Å²) >= 11 is 0. The lowest BCUT2D eigenvalue weighted by molar-refractivity contribution is 0.00920. The van der Waals surface area contributed by atoms with Gasteiger partial charge in [0.15, 0.2) is 0 Å². The highest BCUT2D eigenvalue weighted by atomic mass is 16.5. The fourth-order valence-corrected chi connectivity index (χ4v) is 4.29. The van der Waals surface area contributed by atoms with Gasteiger partial charge in [-0.3, -0.25) is 14.7 Å². The van der Waals surface area contributed by atoms with E-state index >= 15 is 0 Å². The normalized spacial score (nSPS) is 21.5. The Labute approximate surface area is 214 Å². The van der Waals surface area contributed by atoms with Gasteiger partial charge in [0, 0.05) is 70.5 Å². The average molecular weight is 498 g/mol. The molecular weight excluding hydrogens is 458 g/mol. The molecule has 0 aliphatic carbocycles. The number of ether oxygens (including phenoxy) is 2. The Morgan fingerprint density at radius 1 is 1.25 bits per heavy atom. The molecule has 0 bridgehead atoms. The van der Waals surface area contributed by atoms with Gasteiger partial charge in [0.05, 0.1) is 11.7 Å². The predicted octanol–water partition coefficient (Wildman–Crippen LogP) is 3.62. The van der Waals surface area contributed by atoms with Crippen LogP contribution in [0.25, 0.3) is 0 Å². The van der Waals surface area contributed by atoms with E-state index < -0.39 is 0 Å². The molecule has 36 heavy (non-hydrogen) atoms. The van der Waals surface area contributed by atoms with E-state index in [1.165, 1.54) is 0 Å². The molecule has 0 saturated carbocycles. The molecule has 0 unspecified atom stereocenters. The molecule has 1 aromatic heterocycles. The molecule has 0 saturated heterocycles. The number of hydrogen-bond acceptors (Lipinski definition) is 6. The second-order valence-corrected chi connectivity index (χ2v) is 9.48. The lowest BCUT2D eigenvalue weighted by atomic mass is 10.0. The number of nitrogens with one attached hydrogen (secondary N) is 2. The predicted molar refractivity (Wildman–Crippen MR) is 140 cm³/mol. The van der Waals surface area contributed by atoms with Crippen LogP contribution >= 0.6 is 0 Å². The number of likely N-dealkylation sites (N-methyl/N-ethyl adjacent to an activating group) is 1. The molecule has 3 atom stereocenters. The van der Waals surface area contributed by atoms with Crippen LogP contribution in [-0.2, 0) is 11.3 Å². The van der Waals surface area contributed by atoms with E-state index in [4.69, 9.17) is 9.47 Å². The van der Waals surface area contributed by atoms with E-state index in [2.05, 4.69) is 40.4 Å². The highest BCUT2D eigenvalue weighted by Crippen LogP contribution is 2.27. The second kappa shape index (κ2) is 13.2. The number of carbonyl (C=O) groups excluding carboxylic acids is 2. The Morgan fingerprint density at radius 3 is 2.75 bits per heavy atom. The first-order valence-electron chi connectivity index (χ1n) is 12.5. The van der Waals surface area contributed by atoms with Crippen LogP contribution in [0.2, 0.25) is 0 Å². The minimum atomic E-state index is -0.290. The summed E-state index contributed by atoms with van der Waals surface area (Å²) < 4.78 is 12.1. The number of hydrogen-bond donors (Lipinski definition) is 2. The Kier molecular flexibility index (Phi) is 10.1. The van der Waals surface area contributed by atoms with E-state index in [0.29, 0.717) is 36.7 Å². The summed E-state index contributed by atoms with van der Waals surface area (Å²) in [6.07, 6.45) is 4.37. The first-order valence-corrected chi connectivity index (χ1v) is 12.5. The second-order valence-electron chi connectivity index (χ2n) is 9.48. The molecule has 1 aromatic carbocycles. The van der Waals surface area contributed by atoms with Crippen LogP contribution in [0, 0.1) is 5.92 Å². The molecule has 0 radical (unpaired) electrons. The summed E-state index contributed by atoms with van der Waals surface area (Å²) in [6.45, 7) is 9.16. The largest absolute Gasteiger partial charge is 0.491 e. The quantitative estimate of drug-likeness (QED) is 0.633. The zero-order valence-corrected chi connectivity index (χ0v) is 22.0. The number of pyridine rings is 1. The van der Waals surface area contributed by atoms with Crippen LogP contribution in [0.3, 0.4) is 0 Å². The van der Waals surface area contributed by atoms with Crippen molar-refractivity contribution in [3.63, 3.8) is 0 Å². The highest BCUT2D eigenvalue weighted by Gasteiger charge is 2.28. The minimum Gasteiger partial charge on any atom is -0.491 e. The monoisotopic (exact) mass is 497 g/mol. The molecular formula is C27H39N5O4. The Morgan fingerprint density at radius 2 is 2.06 bits per heavy atom. The van der Waals surface area contributed by atoms with Crippen molar-refractivity contribution >= 4 is 17.6 Å². The lowest BCUT2D eigenvalue weighted by Crippen LogP contribution is -2.46. The van der Waals surface area contributed by atoms with Crippen LogP contribution in [-0.4, -0.2) is 79.3 Å². The molecule has 1 aliphatic heterocycles. The molecule has 3 amide bonds. The number of benzene rings is 1. The van der Waals surface area contributed by atoms with Gasteiger partial charge in [-0.15, -0.1) is 0 Å². The average Bonchev–Trinajstić information content (AvgIpc) is 2.88. The Bertz CT molecular complexity index is 1000. The number of nitrogens with zero attached hydrogens (tertiary/aromatic N) is 3. The number of anilines is 1. The van der Waals surface area contributed by atoms with Gasteiger partial charge in [-0.05, 0) is 43.0 Å². The Hall–Kier alpha value is -3.17. The van der Waals surface area contributed by atoms with Crippen LogP contribution in [0.1, 0.15) is 43.1 Å². The van der Waals surface area contributed by atoms with Crippen molar-refractivity contribution in [2.45, 2.75) is 45.9 Å². The number of urea groups is 1. The van der Waals surface area contributed by atoms with E-state index in [0.717, 1.165) is 25.1 Å². The molecule has 3 rings (SSSR count). The van der Waals surface area contributed by atoms with E-state index in [9.17, 15) is 9.59 Å². The lowest BCUT2D eigenvalue weighted by Gasteiger charge is -2.36. The summed E-state index contributed by atoms with van der Waals surface area (Å²) in [7, 11) is 3.47. The zero-order valence-electron chi connectivity index (χ0n) is 22.0. The molecule has 196 valence electrons. The number of carbonyl (C=O) groups is 2. The van der Waals surface area contributed by atoms with Gasteiger partial charge < -0.3 is 25.0 Å². The first kappa shape index (κ1) is 27.4. The number of amides is 3. The molecule has 9 nitrogen and oxygen atoms in total. The fourth-order valence-electron chi connectivity index (χ4n) is 4.29. The number of fused-ring (bicyclic) bond motifs is 1. The number of rotatable bonds is 6. The summed E-state index contributed by atoms with van der Waals surface area (Å²) in [6, 6.07) is 8.91. The SMILES string of the molecule is CCCNC(=O)Nc1ccc2c(c1)OC[C@H](C)N(Cc1cccnc1)C[C@@H](C)[C@H](OC)CN(C)C2=O. The van der Waals surface area contributed by atoms with Crippen molar-refractivity contribution in [3.8, 4) is 5.75 Å². The summed E-state index contributed by atoms with van der Waals surface area (Å²) in [5, 5.41) is 5.61. The van der Waals surface area contributed by atoms with E-state index in [1.54, 1.807) is 43.5 Å². The van der Waals surface area contributed by atoms with Crippen molar-refractivity contribution < 1.29 is 19.1 Å². The van der Waals surface area contributed by atoms with Crippen molar-refractivity contribution in [1.29, 1.82) is 0 Å². The first-order chi connectivity index (χ1) is 17.3. The van der Waals surface area contributed by atoms with Crippen molar-refractivity contribution in [1.82, 2.24) is 20.1 Å². The third-order valence-corrected chi connectivity index (χ3v) is 6.48. The summed E-state index contributed by atoms with van der Waals surface area (Å²) in [5.41, 5.74) is 2.13. The molecule has 2 N–H and O–H groups in total. The third-order valence-electron chi connectivity index (χ3n) is 6.48. The fraction of sp³-hybridized carbons (Fsp3) is 0.519. The van der Waals surface area contributed by atoms with Crippen LogP contribution < -0.4 is 15.4 Å². The van der Waals surface area contributed by atoms with Gasteiger partial charge in [0.1, 0.15) is 12.4 Å². The topological polar surface area (TPSA) is 96.0 Å². The van der Waals surface area contributed by atoms with Crippen LogP contribution in [0.15, 0.2) is 42.7 Å². The molecule has 2 aromatic rings. The van der Waals surface area contributed by atoms with Crippen LogP contribution in [0.4, 0.5) is 10.5 Å². The van der Waals surface area contributed by atoms with Gasteiger partial charge in [-0.2, -0.15) is 0 Å². The summed E-state index contributed by atoms with van der Waals surface area (Å²) in [4.78, 5) is 33.8. The van der Waals surface area contributed by atoms with Gasteiger partial charge in [-0.25, -0.2) is 4.79 Å². The zero-order chi connectivity index (χ0) is 26.1. The van der Waals surface area contributed by atoms with Gasteiger partial charge in [0.25, 0.3) is 5.91 Å². The third kappa shape index (κ3) is 7.41. The number of methoxy groups -OCH3 is 1. The molecule has 2 heterocycles. The minimum absolute atomic E-state index is 0.0507. The van der Waals surface area contributed by atoms with Crippen molar-refractivity contribution in [2.24, 2.45) is 5.92 Å². The van der Waals surface area contributed by atoms with E-state index in [1.807, 2.05) is 19.2 Å². The van der Waals surface area contributed by atoms with Crippen molar-refractivity contribution in [2.75, 3.05) is 45.7 Å². The number of aromatic nitrogens is 1. The van der Waals surface area contributed by atoms with Gasteiger partial charge >= 0.3 is 6.03 Å². The van der Waals surface area contributed by atoms with Crippen LogP contribution in [0.5, 0.6) is 5.75 Å². The molecule has 9 heteroatoms. The maximum absolute atomic E-state index is 13.4. The highest BCUT2D eigenvalue weighted by molar-refractivity contribution is 5.98.